The van der Waals surface area contributed by atoms with E-state index in [9.17, 15) is 8.42 Å². The molecule has 1 heterocycles. The average molecular weight is 330 g/mol. The van der Waals surface area contributed by atoms with Gasteiger partial charge in [0, 0.05) is 25.3 Å². The molecule has 0 radical (unpaired) electrons. The molecule has 0 aliphatic carbocycles. The standard InChI is InChI=1S/C14H22N2O5S/c1-14(2)20-12(9-19-22(17,18)16-4)13(21-14)10-7-5-6-8-11(10)15-3/h5-8,12-13,15-16H,9H2,1-4H3/t12-,13-/m1/s1. The van der Waals surface area contributed by atoms with E-state index in [4.69, 9.17) is 13.7 Å². The zero-order valence-corrected chi connectivity index (χ0v) is 13.9. The lowest BCUT2D eigenvalue weighted by Crippen LogP contribution is -2.29. The summed E-state index contributed by atoms with van der Waals surface area (Å²) in [6.07, 6.45) is -0.960. The van der Waals surface area contributed by atoms with E-state index in [1.54, 1.807) is 13.8 Å². The highest BCUT2D eigenvalue weighted by Gasteiger charge is 2.43. The van der Waals surface area contributed by atoms with Crippen LogP contribution in [-0.4, -0.2) is 41.0 Å². The van der Waals surface area contributed by atoms with Gasteiger partial charge >= 0.3 is 10.3 Å². The summed E-state index contributed by atoms with van der Waals surface area (Å²) in [7, 11) is -0.660. The predicted molar refractivity (Wildman–Crippen MR) is 82.7 cm³/mol. The van der Waals surface area contributed by atoms with Gasteiger partial charge in [-0.3, -0.25) is 4.18 Å². The Labute approximate surface area is 131 Å². The van der Waals surface area contributed by atoms with Crippen molar-refractivity contribution in [3.8, 4) is 0 Å². The Morgan fingerprint density at radius 3 is 2.55 bits per heavy atom. The highest BCUT2D eigenvalue weighted by molar-refractivity contribution is 7.84. The first-order valence-corrected chi connectivity index (χ1v) is 8.39. The Morgan fingerprint density at radius 2 is 1.91 bits per heavy atom. The van der Waals surface area contributed by atoms with Crippen molar-refractivity contribution in [3.05, 3.63) is 29.8 Å². The number of rotatable bonds is 6. The predicted octanol–water partition coefficient (Wildman–Crippen LogP) is 1.40. The van der Waals surface area contributed by atoms with Crippen LogP contribution in [0.3, 0.4) is 0 Å². The second-order valence-electron chi connectivity index (χ2n) is 5.37. The maximum atomic E-state index is 11.4. The molecule has 7 nitrogen and oxygen atoms in total. The molecule has 1 aromatic rings. The number of ether oxygens (including phenoxy) is 2. The molecule has 0 saturated carbocycles. The Morgan fingerprint density at radius 1 is 1.23 bits per heavy atom. The minimum Gasteiger partial charge on any atom is -0.388 e. The normalized spacial score (nSPS) is 24.4. The summed E-state index contributed by atoms with van der Waals surface area (Å²) in [6, 6.07) is 7.65. The molecular formula is C14H22N2O5S. The number of hydrogen-bond acceptors (Lipinski definition) is 6. The lowest BCUT2D eigenvalue weighted by molar-refractivity contribution is -0.148. The number of benzene rings is 1. The van der Waals surface area contributed by atoms with Crippen molar-refractivity contribution in [2.75, 3.05) is 26.0 Å². The molecule has 124 valence electrons. The lowest BCUT2D eigenvalue weighted by Gasteiger charge is -2.20. The van der Waals surface area contributed by atoms with Crippen LogP contribution >= 0.6 is 0 Å². The maximum absolute atomic E-state index is 11.4. The first-order chi connectivity index (χ1) is 10.3. The SMILES string of the molecule is CNc1ccccc1[C@H]1OC(C)(C)O[C@@H]1COS(=O)(=O)NC. The fourth-order valence-electron chi connectivity index (χ4n) is 2.41. The monoisotopic (exact) mass is 330 g/mol. The van der Waals surface area contributed by atoms with Gasteiger partial charge in [0.25, 0.3) is 0 Å². The third-order valence-corrected chi connectivity index (χ3v) is 4.30. The molecule has 8 heteroatoms. The van der Waals surface area contributed by atoms with Crippen molar-refractivity contribution >= 4 is 16.0 Å². The highest BCUT2D eigenvalue weighted by Crippen LogP contribution is 2.40. The smallest absolute Gasteiger partial charge is 0.335 e. The van der Waals surface area contributed by atoms with Crippen molar-refractivity contribution in [3.63, 3.8) is 0 Å². The van der Waals surface area contributed by atoms with Crippen LogP contribution in [-0.2, 0) is 24.0 Å². The van der Waals surface area contributed by atoms with Gasteiger partial charge in [0.2, 0.25) is 0 Å². The molecular weight excluding hydrogens is 308 g/mol. The van der Waals surface area contributed by atoms with Crippen LogP contribution in [0.4, 0.5) is 5.69 Å². The summed E-state index contributed by atoms with van der Waals surface area (Å²) in [4.78, 5) is 0. The number of para-hydroxylation sites is 1. The van der Waals surface area contributed by atoms with Gasteiger partial charge in [-0.2, -0.15) is 13.1 Å². The largest absolute Gasteiger partial charge is 0.388 e. The Balaban J connectivity index is 2.23. The van der Waals surface area contributed by atoms with Crippen molar-refractivity contribution < 1.29 is 22.1 Å². The van der Waals surface area contributed by atoms with Crippen LogP contribution < -0.4 is 10.0 Å². The third kappa shape index (κ3) is 3.96. The summed E-state index contributed by atoms with van der Waals surface area (Å²) in [5.74, 6) is -0.817. The Hall–Kier alpha value is -1.19. The van der Waals surface area contributed by atoms with E-state index in [2.05, 4.69) is 10.0 Å². The van der Waals surface area contributed by atoms with Gasteiger partial charge in [0.1, 0.15) is 12.2 Å². The molecule has 22 heavy (non-hydrogen) atoms. The van der Waals surface area contributed by atoms with Crippen LogP contribution in [0.15, 0.2) is 24.3 Å². The second kappa shape index (κ2) is 6.51. The van der Waals surface area contributed by atoms with E-state index in [0.29, 0.717) is 0 Å². The summed E-state index contributed by atoms with van der Waals surface area (Å²) < 4.78 is 41.6. The molecule has 2 rings (SSSR count). The molecule has 1 fully saturated rings. The van der Waals surface area contributed by atoms with Gasteiger partial charge in [-0.25, -0.2) is 0 Å². The number of hydrogen-bond donors (Lipinski definition) is 2. The second-order valence-corrected chi connectivity index (χ2v) is 6.93. The topological polar surface area (TPSA) is 85.9 Å². The molecule has 2 atom stereocenters. The molecule has 0 amide bonds. The van der Waals surface area contributed by atoms with E-state index < -0.39 is 28.3 Å². The first kappa shape index (κ1) is 17.2. The van der Waals surface area contributed by atoms with Gasteiger partial charge in [-0.15, -0.1) is 0 Å². The van der Waals surface area contributed by atoms with Gasteiger partial charge in [-0.1, -0.05) is 18.2 Å². The number of anilines is 1. The van der Waals surface area contributed by atoms with Crippen molar-refractivity contribution in [2.24, 2.45) is 0 Å². The summed E-state index contributed by atoms with van der Waals surface area (Å²) >= 11 is 0. The molecule has 0 unspecified atom stereocenters. The summed E-state index contributed by atoms with van der Waals surface area (Å²) in [6.45, 7) is 3.44. The quantitative estimate of drug-likeness (QED) is 0.820. The minimum absolute atomic E-state index is 0.130. The van der Waals surface area contributed by atoms with Gasteiger partial charge in [-0.05, 0) is 19.9 Å². The molecule has 1 aliphatic heterocycles. The average Bonchev–Trinajstić information content (AvgIpc) is 2.80. The van der Waals surface area contributed by atoms with Crippen LogP contribution in [0, 0.1) is 0 Å². The van der Waals surface area contributed by atoms with Crippen LogP contribution in [0.1, 0.15) is 25.5 Å². The van der Waals surface area contributed by atoms with Crippen molar-refractivity contribution in [1.82, 2.24) is 4.72 Å². The maximum Gasteiger partial charge on any atom is 0.335 e. The highest BCUT2D eigenvalue weighted by atomic mass is 32.2. The Kier molecular flexibility index (Phi) is 5.08. The van der Waals surface area contributed by atoms with E-state index >= 15 is 0 Å². The zero-order chi connectivity index (χ0) is 16.4. The fourth-order valence-corrected chi connectivity index (χ4v) is 2.84. The van der Waals surface area contributed by atoms with Gasteiger partial charge in [0.15, 0.2) is 5.79 Å². The molecule has 0 bridgehead atoms. The van der Waals surface area contributed by atoms with Gasteiger partial charge in [0.05, 0.1) is 6.61 Å². The lowest BCUT2D eigenvalue weighted by atomic mass is 10.0. The zero-order valence-electron chi connectivity index (χ0n) is 13.1. The molecule has 1 aliphatic rings. The Bertz CT molecular complexity index is 617. The van der Waals surface area contributed by atoms with E-state index in [0.717, 1.165) is 11.3 Å². The van der Waals surface area contributed by atoms with E-state index in [1.807, 2.05) is 31.3 Å². The van der Waals surface area contributed by atoms with Crippen LogP contribution in [0.25, 0.3) is 0 Å². The fraction of sp³-hybridized carbons (Fsp3) is 0.571. The molecule has 0 spiro atoms. The molecule has 0 aromatic heterocycles. The first-order valence-electron chi connectivity index (χ1n) is 6.98. The van der Waals surface area contributed by atoms with Gasteiger partial charge < -0.3 is 14.8 Å². The van der Waals surface area contributed by atoms with E-state index in [1.165, 1.54) is 7.05 Å². The van der Waals surface area contributed by atoms with Crippen LogP contribution in [0.2, 0.25) is 0 Å². The molecule has 1 aromatic carbocycles. The minimum atomic E-state index is -3.77. The van der Waals surface area contributed by atoms with Crippen LogP contribution in [0.5, 0.6) is 0 Å². The molecule has 2 N–H and O–H groups in total. The summed E-state index contributed by atoms with van der Waals surface area (Å²) in [5.41, 5.74) is 1.79. The van der Waals surface area contributed by atoms with Crippen molar-refractivity contribution in [2.45, 2.75) is 31.8 Å². The third-order valence-electron chi connectivity index (χ3n) is 3.36. The molecule has 1 saturated heterocycles. The van der Waals surface area contributed by atoms with E-state index in [-0.39, 0.29) is 6.61 Å². The van der Waals surface area contributed by atoms with Crippen molar-refractivity contribution in [1.29, 1.82) is 0 Å². The number of nitrogens with one attached hydrogen (secondary N) is 2. The summed E-state index contributed by atoms with van der Waals surface area (Å²) in [5, 5.41) is 3.10.